The summed E-state index contributed by atoms with van der Waals surface area (Å²) in [6.45, 7) is 7.38. The first-order valence-corrected chi connectivity index (χ1v) is 26.0. The average molecular weight is 1030 g/mol. The minimum absolute atomic E-state index is 0.0323. The number of hydrogen-bond donors (Lipinski definition) is 12. The Kier molecular flexibility index (Phi) is 24.2. The lowest BCUT2D eigenvalue weighted by molar-refractivity contribution is -0.142. The first-order valence-electron chi connectivity index (χ1n) is 22.6. The van der Waals surface area contributed by atoms with Gasteiger partial charge in [0.25, 0.3) is 0 Å². The number of carbonyl (C=O) groups is 11. The van der Waals surface area contributed by atoms with Gasteiger partial charge in [-0.3, -0.25) is 52.7 Å². The number of rotatable bonds is 19. The van der Waals surface area contributed by atoms with Crippen LogP contribution in [-0.4, -0.2) is 155 Å². The molecule has 3 heterocycles. The molecular formula is C42H67N13O11S3. The van der Waals surface area contributed by atoms with Gasteiger partial charge in [0.15, 0.2) is 0 Å². The molecule has 0 aliphatic carbocycles. The second-order valence-electron chi connectivity index (χ2n) is 17.1. The first kappa shape index (κ1) is 57.8. The van der Waals surface area contributed by atoms with E-state index in [1.807, 2.05) is 13.8 Å². The zero-order chi connectivity index (χ0) is 51.4. The third-order valence-electron chi connectivity index (χ3n) is 11.1. The van der Waals surface area contributed by atoms with Crippen LogP contribution < -0.4 is 65.5 Å². The Bertz CT molecular complexity index is 2000. The molecule has 27 heteroatoms. The standard InChI is InChI=1S/C42H67N13O11S3/c1-5-22(4)34-41(65)52-28(17-32(45)57)37(61)51-27(16-31(44)56)38(62)53-29(20-69-68-19-24(43)35(59)50-26(39(63)54-34)15-23-9-8-14-67-23)42(66)55-13-7-11-30(55)40(64)49-25(10-6-12-47-21(2)3)36(60)48-18-33(46)58/h8-9,14,21-22,24-30,34,47H,5-7,10-13,15-20,43H2,1-4H3,(H2,44,56)(H2,45,57)(H2,46,58)(H,48,60)(H,49,64)(H,50,59)(H,51,61)(H,52,65)(H,53,62)(H,54,63)/t22-,24-,25-,26-,27-,28-,29-,30-,34-/m0/s1. The molecule has 2 fully saturated rings. The molecule has 0 spiro atoms. The van der Waals surface area contributed by atoms with Crippen LogP contribution in [0, 0.1) is 5.92 Å². The van der Waals surface area contributed by atoms with Gasteiger partial charge in [-0.05, 0) is 49.6 Å². The third-order valence-corrected chi connectivity index (χ3v) is 14.5. The molecule has 16 N–H and O–H groups in total. The minimum atomic E-state index is -1.77. The Morgan fingerprint density at radius 1 is 0.797 bits per heavy atom. The van der Waals surface area contributed by atoms with Crippen molar-refractivity contribution in [3.05, 3.63) is 22.4 Å². The maximum atomic E-state index is 14.5. The van der Waals surface area contributed by atoms with Crippen LogP contribution in [0.5, 0.6) is 0 Å². The van der Waals surface area contributed by atoms with Gasteiger partial charge in [0.05, 0.1) is 25.4 Å². The zero-order valence-electron chi connectivity index (χ0n) is 39.2. The number of carbonyl (C=O) groups excluding carboxylic acids is 11. The number of likely N-dealkylation sites (tertiary alicyclic amines) is 1. The van der Waals surface area contributed by atoms with Crippen LogP contribution in [0.25, 0.3) is 0 Å². The van der Waals surface area contributed by atoms with Crippen LogP contribution in [0.4, 0.5) is 0 Å². The summed E-state index contributed by atoms with van der Waals surface area (Å²) in [7, 11) is 2.08. The number of nitrogens with two attached hydrogens (primary N) is 4. The van der Waals surface area contributed by atoms with Crippen molar-refractivity contribution in [3.63, 3.8) is 0 Å². The molecule has 0 saturated carbocycles. The Hall–Kier alpha value is -5.51. The number of hydrogen-bond acceptors (Lipinski definition) is 16. The number of primary amides is 3. The molecule has 1 aromatic heterocycles. The van der Waals surface area contributed by atoms with Gasteiger partial charge < -0.3 is 70.4 Å². The molecule has 0 unspecified atom stereocenters. The summed E-state index contributed by atoms with van der Waals surface area (Å²) in [5.74, 6) is -10.4. The van der Waals surface area contributed by atoms with Gasteiger partial charge in [-0.2, -0.15) is 0 Å². The average Bonchev–Trinajstić information content (AvgIpc) is 4.00. The second kappa shape index (κ2) is 28.9. The lowest BCUT2D eigenvalue weighted by Crippen LogP contribution is -2.62. The molecule has 0 radical (unpaired) electrons. The van der Waals surface area contributed by atoms with E-state index in [1.54, 1.807) is 31.4 Å². The van der Waals surface area contributed by atoms with Crippen molar-refractivity contribution in [1.29, 1.82) is 0 Å². The van der Waals surface area contributed by atoms with Gasteiger partial charge in [-0.25, -0.2) is 0 Å². The van der Waals surface area contributed by atoms with Gasteiger partial charge in [0.1, 0.15) is 42.3 Å². The third kappa shape index (κ3) is 19.4. The number of nitrogens with one attached hydrogen (secondary N) is 8. The summed E-state index contributed by atoms with van der Waals surface area (Å²) < 4.78 is 0. The monoisotopic (exact) mass is 1030 g/mol. The normalized spacial score (nSPS) is 24.3. The van der Waals surface area contributed by atoms with Crippen LogP contribution in [0.3, 0.4) is 0 Å². The van der Waals surface area contributed by atoms with Crippen molar-refractivity contribution in [2.75, 3.05) is 31.1 Å². The number of thiophene rings is 1. The van der Waals surface area contributed by atoms with Gasteiger partial charge in [-0.15, -0.1) is 11.3 Å². The summed E-state index contributed by atoms with van der Waals surface area (Å²) in [6.07, 6.45) is -0.0605. The molecule has 0 aromatic carbocycles. The molecule has 1 aromatic rings. The van der Waals surface area contributed by atoms with E-state index in [0.717, 1.165) is 26.5 Å². The molecular weight excluding hydrogens is 959 g/mol. The number of nitrogens with zero attached hydrogens (tertiary/aromatic N) is 1. The lowest BCUT2D eigenvalue weighted by Gasteiger charge is -2.31. The van der Waals surface area contributed by atoms with Crippen LogP contribution in [-0.2, 0) is 59.2 Å². The molecule has 69 heavy (non-hydrogen) atoms. The highest BCUT2D eigenvalue weighted by atomic mass is 33.1. The molecule has 2 aliphatic heterocycles. The van der Waals surface area contributed by atoms with Crippen molar-refractivity contribution >= 4 is 97.9 Å². The fourth-order valence-corrected chi connectivity index (χ4v) is 10.3. The predicted octanol–water partition coefficient (Wildman–Crippen LogP) is -3.91. The highest BCUT2D eigenvalue weighted by Crippen LogP contribution is 2.26. The van der Waals surface area contributed by atoms with E-state index >= 15 is 0 Å². The molecule has 9 atom stereocenters. The van der Waals surface area contributed by atoms with Crippen molar-refractivity contribution in [2.24, 2.45) is 28.9 Å². The Morgan fingerprint density at radius 3 is 2.00 bits per heavy atom. The molecule has 2 aliphatic rings. The summed E-state index contributed by atoms with van der Waals surface area (Å²) in [4.78, 5) is 149. The Balaban J connectivity index is 2.01. The van der Waals surface area contributed by atoms with E-state index in [0.29, 0.717) is 25.8 Å². The molecule has 0 bridgehead atoms. The molecule has 2 saturated heterocycles. The molecule has 3 rings (SSSR count). The van der Waals surface area contributed by atoms with Crippen LogP contribution in [0.1, 0.15) is 77.5 Å². The summed E-state index contributed by atoms with van der Waals surface area (Å²) in [5, 5.41) is 22.8. The Labute approximate surface area is 412 Å². The van der Waals surface area contributed by atoms with Crippen LogP contribution in [0.2, 0.25) is 0 Å². The first-order chi connectivity index (χ1) is 32.6. The van der Waals surface area contributed by atoms with Gasteiger partial charge >= 0.3 is 0 Å². The predicted molar refractivity (Wildman–Crippen MR) is 259 cm³/mol. The molecule has 24 nitrogen and oxygen atoms in total. The van der Waals surface area contributed by atoms with Crippen LogP contribution in [0.15, 0.2) is 17.5 Å². The topological polar surface area (TPSA) is 391 Å². The lowest BCUT2D eigenvalue weighted by atomic mass is 9.97. The smallest absolute Gasteiger partial charge is 0.246 e. The van der Waals surface area contributed by atoms with E-state index in [1.165, 1.54) is 16.2 Å². The van der Waals surface area contributed by atoms with Crippen LogP contribution >= 0.6 is 32.9 Å². The van der Waals surface area contributed by atoms with E-state index in [-0.39, 0.29) is 43.4 Å². The molecule has 384 valence electrons. The summed E-state index contributed by atoms with van der Waals surface area (Å²) in [5.41, 5.74) is 22.5. The van der Waals surface area contributed by atoms with Gasteiger partial charge in [0, 0.05) is 35.4 Å². The number of amides is 11. The van der Waals surface area contributed by atoms with Gasteiger partial charge in [0.2, 0.25) is 65.0 Å². The van der Waals surface area contributed by atoms with Crippen molar-refractivity contribution in [1.82, 2.24) is 47.4 Å². The van der Waals surface area contributed by atoms with E-state index < -0.39 is 139 Å². The fourth-order valence-electron chi connectivity index (χ4n) is 7.22. The van der Waals surface area contributed by atoms with E-state index in [2.05, 4.69) is 42.5 Å². The fraction of sp³-hybridized carbons (Fsp3) is 0.643. The Morgan fingerprint density at radius 2 is 1.41 bits per heavy atom. The van der Waals surface area contributed by atoms with Crippen molar-refractivity contribution in [3.8, 4) is 0 Å². The quantitative estimate of drug-likeness (QED) is 0.0466. The molecule has 11 amide bonds. The SMILES string of the molecule is CC[C@H](C)[C@@H]1NC(=O)[C@H](Cc2cccs2)NC(=O)[C@@H](N)CSSC[C@@H](C(=O)N2CCC[C@H]2C(=O)N[C@@H](CCCNC(C)C)C(=O)NCC(N)=O)NC(=O)[C@H](CC(N)=O)NC(=O)[C@H](CC(N)=O)NC1=O. The highest BCUT2D eigenvalue weighted by molar-refractivity contribution is 8.76. The minimum Gasteiger partial charge on any atom is -0.370 e. The summed E-state index contributed by atoms with van der Waals surface area (Å²) in [6, 6.07) is -7.26. The second-order valence-corrected chi connectivity index (χ2v) is 20.7. The van der Waals surface area contributed by atoms with Crippen molar-refractivity contribution in [2.45, 2.75) is 133 Å². The maximum absolute atomic E-state index is 14.5. The maximum Gasteiger partial charge on any atom is 0.246 e. The zero-order valence-corrected chi connectivity index (χ0v) is 41.6. The van der Waals surface area contributed by atoms with E-state index in [9.17, 15) is 52.7 Å². The van der Waals surface area contributed by atoms with E-state index in [4.69, 9.17) is 22.9 Å². The largest absolute Gasteiger partial charge is 0.370 e. The highest BCUT2D eigenvalue weighted by Gasteiger charge is 2.41. The summed E-state index contributed by atoms with van der Waals surface area (Å²) >= 11 is 1.33. The van der Waals surface area contributed by atoms with Crippen molar-refractivity contribution < 1.29 is 52.7 Å². The van der Waals surface area contributed by atoms with Gasteiger partial charge in [-0.1, -0.05) is 61.8 Å².